The number of H-pyrrole nitrogens is 1. The van der Waals surface area contributed by atoms with Gasteiger partial charge in [-0.25, -0.2) is 4.98 Å². The van der Waals surface area contributed by atoms with E-state index in [9.17, 15) is 4.79 Å². The Labute approximate surface area is 131 Å². The van der Waals surface area contributed by atoms with Gasteiger partial charge >= 0.3 is 5.97 Å². The van der Waals surface area contributed by atoms with Crippen LogP contribution in [0.15, 0.2) is 5.16 Å². The van der Waals surface area contributed by atoms with Gasteiger partial charge in [0.25, 0.3) is 0 Å². The highest BCUT2D eigenvalue weighted by molar-refractivity contribution is 7.99. The number of fused-ring (bicyclic) bond motifs is 1. The van der Waals surface area contributed by atoms with Crippen LogP contribution in [0.4, 0.5) is 0 Å². The van der Waals surface area contributed by atoms with Gasteiger partial charge in [-0.1, -0.05) is 51.6 Å². The fraction of sp³-hybridized carbons (Fsp3) is 0.625. The first-order chi connectivity index (χ1) is 10.1. The normalized spacial score (nSPS) is 19.5. The molecule has 21 heavy (non-hydrogen) atoms. The van der Waals surface area contributed by atoms with E-state index < -0.39 is 0 Å². The molecule has 4 nitrogen and oxygen atoms in total. The smallest absolute Gasteiger partial charge is 0.316 e. The van der Waals surface area contributed by atoms with E-state index >= 15 is 0 Å². The van der Waals surface area contributed by atoms with Gasteiger partial charge < -0.3 is 9.72 Å². The molecule has 0 fully saturated rings. The molecule has 118 valence electrons. The van der Waals surface area contributed by atoms with Crippen LogP contribution in [0, 0.1) is 11.8 Å². The van der Waals surface area contributed by atoms with Crippen LogP contribution in [-0.4, -0.2) is 28.3 Å². The lowest BCUT2D eigenvalue weighted by molar-refractivity contribution is -0.139. The largest absolute Gasteiger partial charge is 0.465 e. The van der Waals surface area contributed by atoms with Gasteiger partial charge in [-0.3, -0.25) is 4.79 Å². The Balaban J connectivity index is 0.00000106. The maximum atomic E-state index is 11.3. The molecule has 1 heterocycles. The Morgan fingerprint density at radius 3 is 2.71 bits per heavy atom. The summed E-state index contributed by atoms with van der Waals surface area (Å²) >= 11 is 1.39. The van der Waals surface area contributed by atoms with Gasteiger partial charge in [0, 0.05) is 0 Å². The highest BCUT2D eigenvalue weighted by Crippen LogP contribution is 2.20. The molecule has 0 amide bonds. The number of carbonyl (C=O) groups is 1. The van der Waals surface area contributed by atoms with Crippen molar-refractivity contribution in [2.24, 2.45) is 11.8 Å². The number of carbonyl (C=O) groups excluding carboxylic acids is 1. The van der Waals surface area contributed by atoms with Gasteiger partial charge in [-0.05, 0) is 25.2 Å². The van der Waals surface area contributed by atoms with E-state index in [2.05, 4.69) is 36.0 Å². The average Bonchev–Trinajstić information content (AvgIpc) is 2.88. The van der Waals surface area contributed by atoms with Crippen molar-refractivity contribution in [3.05, 3.63) is 10.7 Å². The van der Waals surface area contributed by atoms with Crippen LogP contribution in [-0.2, 0) is 9.53 Å². The average molecular weight is 310 g/mol. The quantitative estimate of drug-likeness (QED) is 0.670. The molecule has 0 aliphatic heterocycles. The predicted octanol–water partition coefficient (Wildman–Crippen LogP) is 2.33. The first-order valence-corrected chi connectivity index (χ1v) is 8.70. The Bertz CT molecular complexity index is 565. The molecule has 0 saturated heterocycles. The lowest BCUT2D eigenvalue weighted by atomic mass is 9.88. The molecule has 1 aromatic rings. The Morgan fingerprint density at radius 2 is 2.10 bits per heavy atom. The maximum absolute atomic E-state index is 11.3. The third-order valence-electron chi connectivity index (χ3n) is 3.32. The number of aromatic amines is 1. The van der Waals surface area contributed by atoms with E-state index in [-0.39, 0.29) is 5.97 Å². The van der Waals surface area contributed by atoms with Crippen LogP contribution in [0.5, 0.6) is 0 Å². The molecule has 2 rings (SSSR count). The van der Waals surface area contributed by atoms with Gasteiger partial charge in [0.05, 0.1) is 23.1 Å². The lowest BCUT2D eigenvalue weighted by Crippen LogP contribution is -2.32. The van der Waals surface area contributed by atoms with Crippen LogP contribution in [0.1, 0.15) is 41.0 Å². The number of rotatable bonds is 5. The second-order valence-electron chi connectivity index (χ2n) is 4.70. The van der Waals surface area contributed by atoms with Crippen molar-refractivity contribution in [1.29, 1.82) is 0 Å². The van der Waals surface area contributed by atoms with Gasteiger partial charge in [-0.2, -0.15) is 0 Å². The SMILES string of the molecule is CC.CCOC(=O)CSc1nc2c([nH]1)=CC(C)C(CC)C=2. The molecular weight excluding hydrogens is 284 g/mol. The summed E-state index contributed by atoms with van der Waals surface area (Å²) < 4.78 is 4.90. The van der Waals surface area contributed by atoms with Gasteiger partial charge in [-0.15, -0.1) is 0 Å². The van der Waals surface area contributed by atoms with Crippen molar-refractivity contribution in [3.8, 4) is 0 Å². The van der Waals surface area contributed by atoms with E-state index in [0.717, 1.165) is 22.3 Å². The van der Waals surface area contributed by atoms with E-state index in [0.29, 0.717) is 24.2 Å². The topological polar surface area (TPSA) is 55.0 Å². The van der Waals surface area contributed by atoms with Crippen LogP contribution in [0.2, 0.25) is 0 Å². The minimum Gasteiger partial charge on any atom is -0.465 e. The van der Waals surface area contributed by atoms with E-state index in [1.165, 1.54) is 11.8 Å². The summed E-state index contributed by atoms with van der Waals surface area (Å²) in [6.07, 6.45) is 5.57. The number of hydrogen-bond donors (Lipinski definition) is 1. The number of ether oxygens (including phenoxy) is 1. The van der Waals surface area contributed by atoms with Crippen LogP contribution in [0.3, 0.4) is 0 Å². The standard InChI is InChI=1S/C14H20N2O2S.C2H6/c1-4-10-7-12-11(6-9(10)3)15-14(16-12)19-8-13(17)18-5-2;1-2/h6-7,9-10H,4-5,8H2,1-3H3,(H,15,16);1-2H3. The Kier molecular flexibility index (Phi) is 7.57. The zero-order valence-electron chi connectivity index (χ0n) is 13.6. The Hall–Kier alpha value is -1.23. The second kappa shape index (κ2) is 8.93. The summed E-state index contributed by atoms with van der Waals surface area (Å²) in [5.74, 6) is 1.18. The van der Waals surface area contributed by atoms with Crippen molar-refractivity contribution in [3.63, 3.8) is 0 Å². The first kappa shape index (κ1) is 17.8. The minimum atomic E-state index is -0.199. The molecule has 1 aliphatic rings. The fourth-order valence-corrected chi connectivity index (χ4v) is 2.94. The zero-order chi connectivity index (χ0) is 15.8. The van der Waals surface area contributed by atoms with Crippen molar-refractivity contribution >= 4 is 29.9 Å². The van der Waals surface area contributed by atoms with E-state index in [1.807, 2.05) is 20.8 Å². The number of nitrogens with one attached hydrogen (secondary N) is 1. The minimum absolute atomic E-state index is 0.199. The number of esters is 1. The van der Waals surface area contributed by atoms with Gasteiger partial charge in [0.1, 0.15) is 0 Å². The van der Waals surface area contributed by atoms with E-state index in [1.54, 1.807) is 0 Å². The molecule has 0 bridgehead atoms. The van der Waals surface area contributed by atoms with Gasteiger partial charge in [0.15, 0.2) is 5.16 Å². The molecule has 2 atom stereocenters. The Morgan fingerprint density at radius 1 is 1.38 bits per heavy atom. The number of nitrogens with zero attached hydrogens (tertiary/aromatic N) is 1. The summed E-state index contributed by atoms with van der Waals surface area (Å²) in [5.41, 5.74) is 0. The third kappa shape index (κ3) is 4.92. The molecule has 0 radical (unpaired) electrons. The number of aromatic nitrogens is 2. The van der Waals surface area contributed by atoms with Gasteiger partial charge in [0.2, 0.25) is 0 Å². The maximum Gasteiger partial charge on any atom is 0.316 e. The second-order valence-corrected chi connectivity index (χ2v) is 5.66. The third-order valence-corrected chi connectivity index (χ3v) is 4.17. The highest BCUT2D eigenvalue weighted by atomic mass is 32.2. The summed E-state index contributed by atoms with van der Waals surface area (Å²) in [6.45, 7) is 10.6. The molecule has 0 saturated carbocycles. The monoisotopic (exact) mass is 310 g/mol. The summed E-state index contributed by atoms with van der Waals surface area (Å²) in [7, 11) is 0. The number of hydrogen-bond acceptors (Lipinski definition) is 4. The first-order valence-electron chi connectivity index (χ1n) is 7.72. The van der Waals surface area contributed by atoms with Crippen molar-refractivity contribution in [2.45, 2.75) is 46.2 Å². The fourth-order valence-electron chi connectivity index (χ4n) is 2.26. The molecule has 0 aromatic carbocycles. The van der Waals surface area contributed by atoms with Crippen molar-refractivity contribution in [1.82, 2.24) is 9.97 Å². The zero-order valence-corrected chi connectivity index (χ0v) is 14.4. The number of thioether (sulfide) groups is 1. The van der Waals surface area contributed by atoms with Crippen molar-refractivity contribution < 1.29 is 9.53 Å². The van der Waals surface area contributed by atoms with Crippen LogP contribution < -0.4 is 10.7 Å². The van der Waals surface area contributed by atoms with E-state index in [4.69, 9.17) is 4.74 Å². The molecular formula is C16H26N2O2S. The van der Waals surface area contributed by atoms with Crippen molar-refractivity contribution in [2.75, 3.05) is 12.4 Å². The lowest BCUT2D eigenvalue weighted by Gasteiger charge is -2.17. The summed E-state index contributed by atoms with van der Waals surface area (Å²) in [5, 5.41) is 2.87. The molecule has 2 unspecified atom stereocenters. The van der Waals surface area contributed by atoms with Crippen LogP contribution in [0.25, 0.3) is 12.2 Å². The molecule has 1 aromatic heterocycles. The number of imidazole rings is 1. The van der Waals surface area contributed by atoms with Crippen LogP contribution >= 0.6 is 11.8 Å². The molecule has 5 heteroatoms. The molecule has 1 aliphatic carbocycles. The molecule has 0 spiro atoms. The summed E-state index contributed by atoms with van der Waals surface area (Å²) in [6, 6.07) is 0. The predicted molar refractivity (Wildman–Crippen MR) is 88.4 cm³/mol. The highest BCUT2D eigenvalue weighted by Gasteiger charge is 2.16. The molecule has 1 N–H and O–H groups in total. The summed E-state index contributed by atoms with van der Waals surface area (Å²) in [4.78, 5) is 19.1.